The molecule has 0 fully saturated rings. The van der Waals surface area contributed by atoms with Gasteiger partial charge < -0.3 is 10.8 Å². The zero-order chi connectivity index (χ0) is 7.56. The number of anilines is 1. The molecule has 1 aromatic rings. The monoisotopic (exact) mass is 137 g/mol. The molecular weight excluding hydrogens is 126 g/mol. The van der Waals surface area contributed by atoms with Gasteiger partial charge in [0.15, 0.2) is 0 Å². The van der Waals surface area contributed by atoms with E-state index in [1.165, 1.54) is 0 Å². The number of aryl methyl sites for hydroxylation is 1. The van der Waals surface area contributed by atoms with Gasteiger partial charge in [0.1, 0.15) is 5.75 Å². The lowest BCUT2D eigenvalue weighted by atomic mass is 10.1. The number of aromatic hydroxyl groups is 1. The minimum atomic E-state index is 0.294. The molecule has 0 aromatic heterocycles. The van der Waals surface area contributed by atoms with E-state index in [4.69, 9.17) is 5.73 Å². The van der Waals surface area contributed by atoms with Crippen molar-refractivity contribution in [3.8, 4) is 5.75 Å². The molecule has 3 N–H and O–H groups in total. The van der Waals surface area contributed by atoms with Crippen LogP contribution in [0.25, 0.3) is 0 Å². The maximum atomic E-state index is 9.21. The number of nitrogens with two attached hydrogens (primary N) is 1. The Balaban J connectivity index is 3.07. The normalized spacial score (nSPS) is 9.70. The molecule has 0 aliphatic carbocycles. The zero-order valence-electron chi connectivity index (χ0n) is 5.96. The third-order valence-corrected chi connectivity index (χ3v) is 1.49. The van der Waals surface area contributed by atoms with E-state index in [1.54, 1.807) is 12.1 Å². The van der Waals surface area contributed by atoms with E-state index in [-0.39, 0.29) is 0 Å². The lowest BCUT2D eigenvalue weighted by Crippen LogP contribution is -1.86. The lowest BCUT2D eigenvalue weighted by Gasteiger charge is -2.00. The molecule has 0 heterocycles. The Kier molecular flexibility index (Phi) is 1.81. The van der Waals surface area contributed by atoms with E-state index in [0.717, 1.165) is 12.0 Å². The smallest absolute Gasteiger partial charge is 0.120 e. The molecular formula is C8H11NO. The number of benzene rings is 1. The molecule has 0 atom stereocenters. The Morgan fingerprint density at radius 3 is 2.70 bits per heavy atom. The van der Waals surface area contributed by atoms with Crippen LogP contribution in [0, 0.1) is 0 Å². The van der Waals surface area contributed by atoms with Crippen LogP contribution in [-0.4, -0.2) is 5.11 Å². The van der Waals surface area contributed by atoms with Gasteiger partial charge in [-0.15, -0.1) is 0 Å². The van der Waals surface area contributed by atoms with Gasteiger partial charge in [-0.05, 0) is 18.1 Å². The van der Waals surface area contributed by atoms with Crippen LogP contribution in [0.2, 0.25) is 0 Å². The van der Waals surface area contributed by atoms with Crippen molar-refractivity contribution in [2.45, 2.75) is 13.3 Å². The van der Waals surface area contributed by atoms with Crippen LogP contribution in [-0.2, 0) is 6.42 Å². The first-order valence-electron chi connectivity index (χ1n) is 3.31. The highest BCUT2D eigenvalue weighted by Crippen LogP contribution is 2.19. The number of nitrogen functional groups attached to an aromatic ring is 1. The maximum Gasteiger partial charge on any atom is 0.120 e. The molecule has 2 nitrogen and oxygen atoms in total. The van der Waals surface area contributed by atoms with Crippen molar-refractivity contribution in [1.82, 2.24) is 0 Å². The van der Waals surface area contributed by atoms with Gasteiger partial charge in [-0.2, -0.15) is 0 Å². The molecule has 2 heteroatoms. The largest absolute Gasteiger partial charge is 0.508 e. The summed E-state index contributed by atoms with van der Waals surface area (Å²) in [4.78, 5) is 0. The van der Waals surface area contributed by atoms with Crippen molar-refractivity contribution < 1.29 is 5.11 Å². The molecule has 1 aromatic carbocycles. The Morgan fingerprint density at radius 2 is 2.20 bits per heavy atom. The predicted molar refractivity (Wildman–Crippen MR) is 41.9 cm³/mol. The SMILES string of the molecule is CCc1ccc(N)cc1O. The molecule has 0 radical (unpaired) electrons. The first-order valence-corrected chi connectivity index (χ1v) is 3.31. The third-order valence-electron chi connectivity index (χ3n) is 1.49. The van der Waals surface area contributed by atoms with E-state index in [2.05, 4.69) is 0 Å². The molecule has 54 valence electrons. The summed E-state index contributed by atoms with van der Waals surface area (Å²) < 4.78 is 0. The molecule has 0 bridgehead atoms. The van der Waals surface area contributed by atoms with Crippen molar-refractivity contribution in [2.75, 3.05) is 5.73 Å². The second-order valence-electron chi connectivity index (χ2n) is 2.24. The minimum Gasteiger partial charge on any atom is -0.508 e. The van der Waals surface area contributed by atoms with Crippen LogP contribution < -0.4 is 5.73 Å². The zero-order valence-corrected chi connectivity index (χ0v) is 5.96. The first kappa shape index (κ1) is 6.93. The summed E-state index contributed by atoms with van der Waals surface area (Å²) in [6.45, 7) is 1.99. The number of hydrogen-bond donors (Lipinski definition) is 2. The number of phenols is 1. The van der Waals surface area contributed by atoms with Crippen LogP contribution in [0.15, 0.2) is 18.2 Å². The van der Waals surface area contributed by atoms with Crippen LogP contribution in [0.1, 0.15) is 12.5 Å². The summed E-state index contributed by atoms with van der Waals surface area (Å²) in [6.07, 6.45) is 0.839. The average Bonchev–Trinajstić information content (AvgIpc) is 1.88. The molecule has 0 spiro atoms. The molecule has 0 amide bonds. The van der Waals surface area contributed by atoms with Gasteiger partial charge in [-0.3, -0.25) is 0 Å². The minimum absolute atomic E-state index is 0.294. The Morgan fingerprint density at radius 1 is 1.50 bits per heavy atom. The standard InChI is InChI=1S/C8H11NO/c1-2-6-3-4-7(9)5-8(6)10/h3-5,10H,2,9H2,1H3. The van der Waals surface area contributed by atoms with Crippen LogP contribution in [0.4, 0.5) is 5.69 Å². The third kappa shape index (κ3) is 1.21. The van der Waals surface area contributed by atoms with Crippen LogP contribution in [0.5, 0.6) is 5.75 Å². The van der Waals surface area contributed by atoms with Crippen molar-refractivity contribution >= 4 is 5.69 Å². The van der Waals surface area contributed by atoms with E-state index in [1.807, 2.05) is 13.0 Å². The van der Waals surface area contributed by atoms with Crippen LogP contribution >= 0.6 is 0 Å². The lowest BCUT2D eigenvalue weighted by molar-refractivity contribution is 0.469. The summed E-state index contributed by atoms with van der Waals surface area (Å²) in [5.41, 5.74) is 6.97. The molecule has 0 aliphatic heterocycles. The molecule has 0 unspecified atom stereocenters. The highest BCUT2D eigenvalue weighted by Gasteiger charge is 1.96. The van der Waals surface area contributed by atoms with Crippen LogP contribution in [0.3, 0.4) is 0 Å². The summed E-state index contributed by atoms with van der Waals surface area (Å²) in [6, 6.07) is 5.20. The van der Waals surface area contributed by atoms with Crippen molar-refractivity contribution in [1.29, 1.82) is 0 Å². The van der Waals surface area contributed by atoms with Crippen molar-refractivity contribution in [3.05, 3.63) is 23.8 Å². The van der Waals surface area contributed by atoms with Crippen molar-refractivity contribution in [3.63, 3.8) is 0 Å². The Hall–Kier alpha value is -1.18. The number of rotatable bonds is 1. The van der Waals surface area contributed by atoms with E-state index in [0.29, 0.717) is 11.4 Å². The topological polar surface area (TPSA) is 46.2 Å². The molecule has 0 saturated heterocycles. The molecule has 1 rings (SSSR count). The number of phenolic OH excluding ortho intramolecular Hbond substituents is 1. The molecule has 10 heavy (non-hydrogen) atoms. The summed E-state index contributed by atoms with van der Waals surface area (Å²) in [7, 11) is 0. The summed E-state index contributed by atoms with van der Waals surface area (Å²) >= 11 is 0. The second-order valence-corrected chi connectivity index (χ2v) is 2.24. The highest BCUT2D eigenvalue weighted by atomic mass is 16.3. The Labute approximate surface area is 60.3 Å². The van der Waals surface area contributed by atoms with E-state index >= 15 is 0 Å². The molecule has 0 saturated carbocycles. The fourth-order valence-corrected chi connectivity index (χ4v) is 0.880. The average molecular weight is 137 g/mol. The first-order chi connectivity index (χ1) is 4.74. The van der Waals surface area contributed by atoms with E-state index in [9.17, 15) is 5.11 Å². The fraction of sp³-hybridized carbons (Fsp3) is 0.250. The summed E-state index contributed by atoms with van der Waals surface area (Å²) in [5.74, 6) is 0.294. The van der Waals surface area contributed by atoms with Gasteiger partial charge in [0.25, 0.3) is 0 Å². The second kappa shape index (κ2) is 2.60. The number of hydrogen-bond acceptors (Lipinski definition) is 2. The van der Waals surface area contributed by atoms with Gasteiger partial charge in [0.2, 0.25) is 0 Å². The van der Waals surface area contributed by atoms with Gasteiger partial charge in [-0.1, -0.05) is 13.0 Å². The van der Waals surface area contributed by atoms with E-state index < -0.39 is 0 Å². The van der Waals surface area contributed by atoms with Gasteiger partial charge in [0.05, 0.1) is 0 Å². The van der Waals surface area contributed by atoms with Crippen molar-refractivity contribution in [2.24, 2.45) is 0 Å². The predicted octanol–water partition coefficient (Wildman–Crippen LogP) is 1.54. The quantitative estimate of drug-likeness (QED) is 0.577. The fourth-order valence-electron chi connectivity index (χ4n) is 0.880. The molecule has 0 aliphatic rings. The van der Waals surface area contributed by atoms with Gasteiger partial charge in [0, 0.05) is 11.8 Å². The highest BCUT2D eigenvalue weighted by molar-refractivity contribution is 5.47. The van der Waals surface area contributed by atoms with Gasteiger partial charge >= 0.3 is 0 Å². The van der Waals surface area contributed by atoms with Gasteiger partial charge in [-0.25, -0.2) is 0 Å². The summed E-state index contributed by atoms with van der Waals surface area (Å²) in [5, 5.41) is 9.21. The Bertz CT molecular complexity index is 233. The maximum absolute atomic E-state index is 9.21.